The summed E-state index contributed by atoms with van der Waals surface area (Å²) < 4.78 is 5.30. The average molecular weight is 281 g/mol. The molecule has 0 fully saturated rings. The minimum atomic E-state index is 0.0171. The second-order valence-corrected chi connectivity index (χ2v) is 4.20. The van der Waals surface area contributed by atoms with Gasteiger partial charge < -0.3 is 20.3 Å². The van der Waals surface area contributed by atoms with Crippen molar-refractivity contribution < 1.29 is 9.53 Å². The molecular formula is C13H23N5O2. The highest BCUT2D eigenvalue weighted by Crippen LogP contribution is 2.11. The molecule has 1 aromatic heterocycles. The van der Waals surface area contributed by atoms with Gasteiger partial charge in [-0.15, -0.1) is 0 Å². The molecule has 1 aromatic rings. The lowest BCUT2D eigenvalue weighted by Gasteiger charge is -2.15. The molecule has 0 aliphatic heterocycles. The van der Waals surface area contributed by atoms with Crippen LogP contribution in [-0.2, 0) is 16.1 Å². The van der Waals surface area contributed by atoms with Gasteiger partial charge in [-0.25, -0.2) is 9.97 Å². The number of hydrogen-bond donors (Lipinski definition) is 2. The average Bonchev–Trinajstić information content (AvgIpc) is 2.49. The van der Waals surface area contributed by atoms with Crippen LogP contribution in [0.25, 0.3) is 0 Å². The van der Waals surface area contributed by atoms with E-state index in [1.807, 2.05) is 13.8 Å². The molecule has 2 N–H and O–H groups in total. The number of anilines is 2. The molecule has 0 atom stereocenters. The van der Waals surface area contributed by atoms with Gasteiger partial charge in [0.1, 0.15) is 18.2 Å². The van der Waals surface area contributed by atoms with Crippen LogP contribution in [0.15, 0.2) is 6.07 Å². The lowest BCUT2D eigenvalue weighted by Crippen LogP contribution is -2.32. The maximum absolute atomic E-state index is 11.7. The zero-order chi connectivity index (χ0) is 15.0. The Morgan fingerprint density at radius 2 is 2.05 bits per heavy atom. The number of amides is 1. The number of ether oxygens (including phenoxy) is 1. The van der Waals surface area contributed by atoms with Gasteiger partial charge in [-0.1, -0.05) is 0 Å². The van der Waals surface area contributed by atoms with E-state index in [-0.39, 0.29) is 12.5 Å². The van der Waals surface area contributed by atoms with Crippen molar-refractivity contribution >= 4 is 17.5 Å². The maximum Gasteiger partial charge on any atom is 0.241 e. The molecule has 0 bridgehead atoms. The van der Waals surface area contributed by atoms with E-state index in [4.69, 9.17) is 4.74 Å². The van der Waals surface area contributed by atoms with Crippen LogP contribution in [0.2, 0.25) is 0 Å². The Bertz CT molecular complexity index is 439. The molecule has 0 saturated carbocycles. The Kier molecular flexibility index (Phi) is 6.72. The predicted molar refractivity (Wildman–Crippen MR) is 78.7 cm³/mol. The van der Waals surface area contributed by atoms with Crippen LogP contribution in [-0.4, -0.2) is 54.6 Å². The molecule has 0 aliphatic carbocycles. The number of carbonyl (C=O) groups excluding carboxylic acids is 1. The number of nitrogens with one attached hydrogen (secondary N) is 2. The number of rotatable bonds is 8. The van der Waals surface area contributed by atoms with Crippen molar-refractivity contribution in [2.75, 3.05) is 44.4 Å². The van der Waals surface area contributed by atoms with Crippen molar-refractivity contribution in [3.05, 3.63) is 11.9 Å². The van der Waals surface area contributed by atoms with Crippen molar-refractivity contribution in [1.82, 2.24) is 14.9 Å². The molecule has 20 heavy (non-hydrogen) atoms. The fourth-order valence-corrected chi connectivity index (χ4v) is 1.45. The molecule has 7 nitrogen and oxygen atoms in total. The summed E-state index contributed by atoms with van der Waals surface area (Å²) in [6.45, 7) is 5.70. The summed E-state index contributed by atoms with van der Waals surface area (Å²) in [6.07, 6.45) is 0. The maximum atomic E-state index is 11.7. The van der Waals surface area contributed by atoms with Crippen molar-refractivity contribution in [3.8, 4) is 0 Å². The van der Waals surface area contributed by atoms with E-state index in [0.717, 1.165) is 0 Å². The van der Waals surface area contributed by atoms with Gasteiger partial charge in [0.2, 0.25) is 5.91 Å². The van der Waals surface area contributed by atoms with E-state index < -0.39 is 0 Å². The zero-order valence-electron chi connectivity index (χ0n) is 12.6. The van der Waals surface area contributed by atoms with Gasteiger partial charge in [-0.3, -0.25) is 4.79 Å². The topological polar surface area (TPSA) is 79.4 Å². The number of nitrogens with zero attached hydrogens (tertiary/aromatic N) is 3. The normalized spacial score (nSPS) is 10.2. The summed E-state index contributed by atoms with van der Waals surface area (Å²) in [5, 5.41) is 5.98. The first kappa shape index (κ1) is 16.2. The highest BCUT2D eigenvalue weighted by molar-refractivity contribution is 5.80. The minimum Gasteiger partial charge on any atom is -0.374 e. The van der Waals surface area contributed by atoms with Crippen LogP contribution in [0.1, 0.15) is 19.7 Å². The van der Waals surface area contributed by atoms with Crippen molar-refractivity contribution in [3.63, 3.8) is 0 Å². The minimum absolute atomic E-state index is 0.0171. The van der Waals surface area contributed by atoms with Crippen LogP contribution < -0.4 is 10.6 Å². The largest absolute Gasteiger partial charge is 0.374 e. The van der Waals surface area contributed by atoms with E-state index in [0.29, 0.717) is 37.2 Å². The first-order valence-electron chi connectivity index (χ1n) is 6.72. The van der Waals surface area contributed by atoms with Crippen LogP contribution in [0.4, 0.5) is 11.6 Å². The zero-order valence-corrected chi connectivity index (χ0v) is 12.6. The van der Waals surface area contributed by atoms with Crippen LogP contribution in [0.3, 0.4) is 0 Å². The molecule has 1 rings (SSSR count). The second kappa shape index (κ2) is 8.31. The van der Waals surface area contributed by atoms with Crippen LogP contribution >= 0.6 is 0 Å². The van der Waals surface area contributed by atoms with Crippen LogP contribution in [0, 0.1) is 0 Å². The van der Waals surface area contributed by atoms with Crippen molar-refractivity contribution in [1.29, 1.82) is 0 Å². The molecule has 0 radical (unpaired) electrons. The van der Waals surface area contributed by atoms with Gasteiger partial charge >= 0.3 is 0 Å². The molecule has 0 unspecified atom stereocenters. The Hall–Kier alpha value is -1.89. The van der Waals surface area contributed by atoms with E-state index in [1.54, 1.807) is 25.1 Å². The Morgan fingerprint density at radius 3 is 2.65 bits per heavy atom. The van der Waals surface area contributed by atoms with Gasteiger partial charge in [0.25, 0.3) is 0 Å². The number of carbonyl (C=O) groups is 1. The quantitative estimate of drug-likeness (QED) is 0.738. The highest BCUT2D eigenvalue weighted by Gasteiger charge is 2.08. The molecule has 0 aliphatic rings. The number of hydrogen-bond acceptors (Lipinski definition) is 6. The van der Waals surface area contributed by atoms with E-state index >= 15 is 0 Å². The smallest absolute Gasteiger partial charge is 0.241 e. The summed E-state index contributed by atoms with van der Waals surface area (Å²) >= 11 is 0. The van der Waals surface area contributed by atoms with Gasteiger partial charge in [0.05, 0.1) is 6.54 Å². The van der Waals surface area contributed by atoms with E-state index in [2.05, 4.69) is 20.6 Å². The number of aromatic nitrogens is 2. The molecular weight excluding hydrogens is 258 g/mol. The van der Waals surface area contributed by atoms with Crippen molar-refractivity contribution in [2.45, 2.75) is 20.5 Å². The monoisotopic (exact) mass is 281 g/mol. The number of likely N-dealkylation sites (N-methyl/N-ethyl adjacent to an activating group) is 1. The molecule has 0 aromatic carbocycles. The van der Waals surface area contributed by atoms with Crippen LogP contribution in [0.5, 0.6) is 0 Å². The lowest BCUT2D eigenvalue weighted by molar-refractivity contribution is -0.127. The Balaban J connectivity index is 2.70. The second-order valence-electron chi connectivity index (χ2n) is 4.20. The Labute approximate surface area is 119 Å². The molecule has 1 amide bonds. The first-order chi connectivity index (χ1) is 9.60. The first-order valence-corrected chi connectivity index (χ1v) is 6.72. The SMILES string of the molecule is CCOCc1nc(NC)cc(NCC(=O)N(C)CC)n1. The highest BCUT2D eigenvalue weighted by atomic mass is 16.5. The predicted octanol–water partition coefficient (Wildman–Crippen LogP) is 0.945. The van der Waals surface area contributed by atoms with E-state index in [1.165, 1.54) is 0 Å². The molecule has 7 heteroatoms. The van der Waals surface area contributed by atoms with Crippen molar-refractivity contribution in [2.24, 2.45) is 0 Å². The summed E-state index contributed by atoms with van der Waals surface area (Å²) in [7, 11) is 3.55. The fourth-order valence-electron chi connectivity index (χ4n) is 1.45. The summed E-state index contributed by atoms with van der Waals surface area (Å²) in [5.41, 5.74) is 0. The van der Waals surface area contributed by atoms with E-state index in [9.17, 15) is 4.79 Å². The summed E-state index contributed by atoms with van der Waals surface area (Å²) in [4.78, 5) is 22.0. The molecule has 0 saturated heterocycles. The standard InChI is InChI=1S/C13H23N5O2/c1-5-18(4)13(19)8-15-11-7-10(14-3)16-12(17-11)9-20-6-2/h7H,5-6,8-9H2,1-4H3,(H2,14,15,16,17). The third kappa shape index (κ3) is 5.00. The van der Waals surface area contributed by atoms with Gasteiger partial charge in [-0.2, -0.15) is 0 Å². The van der Waals surface area contributed by atoms with Gasteiger partial charge in [0.15, 0.2) is 5.82 Å². The molecule has 112 valence electrons. The van der Waals surface area contributed by atoms with Gasteiger partial charge in [-0.05, 0) is 13.8 Å². The third-order valence-corrected chi connectivity index (χ3v) is 2.78. The summed E-state index contributed by atoms with van der Waals surface area (Å²) in [6, 6.07) is 1.76. The van der Waals surface area contributed by atoms with Gasteiger partial charge in [0, 0.05) is 33.3 Å². The molecule has 1 heterocycles. The fraction of sp³-hybridized carbons (Fsp3) is 0.615. The molecule has 0 spiro atoms. The lowest BCUT2D eigenvalue weighted by atomic mass is 10.4. The Morgan fingerprint density at radius 1 is 1.35 bits per heavy atom. The summed E-state index contributed by atoms with van der Waals surface area (Å²) in [5.74, 6) is 1.89. The third-order valence-electron chi connectivity index (χ3n) is 2.78.